The lowest BCUT2D eigenvalue weighted by Gasteiger charge is -2.45. The van der Waals surface area contributed by atoms with E-state index in [0.29, 0.717) is 6.67 Å². The van der Waals surface area contributed by atoms with Gasteiger partial charge in [-0.3, -0.25) is 0 Å². The normalized spacial score (nSPS) is 14.6. The Labute approximate surface area is 171 Å². The van der Waals surface area contributed by atoms with E-state index in [4.69, 9.17) is 11.6 Å². The monoisotopic (exact) mass is 445 g/mol. The van der Waals surface area contributed by atoms with E-state index >= 15 is 0 Å². The van der Waals surface area contributed by atoms with Crippen LogP contribution < -0.4 is 14.7 Å². The summed E-state index contributed by atoms with van der Waals surface area (Å²) in [6.45, 7) is 2.18. The van der Waals surface area contributed by atoms with Gasteiger partial charge in [0.25, 0.3) is 0 Å². The first-order valence-electron chi connectivity index (χ1n) is 8.60. The van der Waals surface area contributed by atoms with Gasteiger partial charge in [-0.15, -0.1) is 0 Å². The van der Waals surface area contributed by atoms with Crippen LogP contribution in [0.4, 0.5) is 21.5 Å². The van der Waals surface area contributed by atoms with E-state index in [1.165, 1.54) is 12.1 Å². The summed E-state index contributed by atoms with van der Waals surface area (Å²) < 4.78 is 14.4. The zero-order valence-corrected chi connectivity index (χ0v) is 16.9. The second-order valence-electron chi connectivity index (χ2n) is 6.47. The van der Waals surface area contributed by atoms with E-state index in [1.54, 1.807) is 0 Å². The van der Waals surface area contributed by atoms with Gasteiger partial charge in [0.05, 0.1) is 20.0 Å². The number of halogens is 3. The van der Waals surface area contributed by atoms with Crippen molar-refractivity contribution in [2.45, 2.75) is 0 Å². The minimum absolute atomic E-state index is 0.227. The predicted octanol–water partition coefficient (Wildman–Crippen LogP) is 5.95. The molecule has 0 aromatic heterocycles. The van der Waals surface area contributed by atoms with Crippen molar-refractivity contribution in [2.24, 2.45) is 0 Å². The lowest BCUT2D eigenvalue weighted by molar-refractivity contribution is 0.607. The fourth-order valence-electron chi connectivity index (χ4n) is 3.20. The van der Waals surface area contributed by atoms with Gasteiger partial charge in [0.2, 0.25) is 0 Å². The zero-order chi connectivity index (χ0) is 18.8. The van der Waals surface area contributed by atoms with E-state index in [0.717, 1.165) is 39.9 Å². The van der Waals surface area contributed by atoms with Gasteiger partial charge in [-0.25, -0.2) is 4.39 Å². The van der Waals surface area contributed by atoms with Gasteiger partial charge in [0.15, 0.2) is 0 Å². The maximum absolute atomic E-state index is 13.4. The maximum atomic E-state index is 13.4. The summed E-state index contributed by atoms with van der Waals surface area (Å²) in [4.78, 5) is 6.78. The third-order valence-electron chi connectivity index (χ3n) is 4.60. The van der Waals surface area contributed by atoms with Crippen LogP contribution in [0.15, 0.2) is 77.3 Å². The van der Waals surface area contributed by atoms with Crippen LogP contribution in [0.5, 0.6) is 0 Å². The highest BCUT2D eigenvalue weighted by molar-refractivity contribution is 9.10. The molecule has 1 aliphatic heterocycles. The number of rotatable bonds is 3. The first-order chi connectivity index (χ1) is 13.1. The molecule has 3 aromatic carbocycles. The SMILES string of the molecule is Fc1ccc(N2CN(c3ccc(Cl)cc3)CN(c3ccc(Br)cc3)C2)cc1. The molecule has 1 fully saturated rings. The first-order valence-corrected chi connectivity index (χ1v) is 9.77. The van der Waals surface area contributed by atoms with Gasteiger partial charge in [0, 0.05) is 26.6 Å². The quantitative estimate of drug-likeness (QED) is 0.492. The molecular formula is C21H18BrClFN3. The summed E-state index contributed by atoms with van der Waals surface area (Å²) in [6.07, 6.45) is 0. The fourth-order valence-corrected chi connectivity index (χ4v) is 3.59. The molecule has 0 amide bonds. The third kappa shape index (κ3) is 4.20. The van der Waals surface area contributed by atoms with Gasteiger partial charge < -0.3 is 14.7 Å². The van der Waals surface area contributed by atoms with Gasteiger partial charge in [-0.1, -0.05) is 27.5 Å². The van der Waals surface area contributed by atoms with Crippen LogP contribution in [-0.4, -0.2) is 20.0 Å². The van der Waals surface area contributed by atoms with E-state index in [9.17, 15) is 4.39 Å². The highest BCUT2D eigenvalue weighted by atomic mass is 79.9. The summed E-state index contributed by atoms with van der Waals surface area (Å²) in [5.41, 5.74) is 3.20. The number of benzene rings is 3. The first kappa shape index (κ1) is 18.1. The lowest BCUT2D eigenvalue weighted by atomic mass is 10.2. The lowest BCUT2D eigenvalue weighted by Crippen LogP contribution is -2.55. The second-order valence-corrected chi connectivity index (χ2v) is 7.83. The number of hydrogen-bond donors (Lipinski definition) is 0. The maximum Gasteiger partial charge on any atom is 0.123 e. The molecule has 1 heterocycles. The molecule has 0 N–H and O–H groups in total. The van der Waals surface area contributed by atoms with Crippen LogP contribution in [0.1, 0.15) is 0 Å². The average Bonchev–Trinajstić information content (AvgIpc) is 2.69. The Morgan fingerprint density at radius 1 is 0.630 bits per heavy atom. The largest absolute Gasteiger partial charge is 0.336 e. The van der Waals surface area contributed by atoms with Crippen LogP contribution in [0.25, 0.3) is 0 Å². The van der Waals surface area contributed by atoms with E-state index in [2.05, 4.69) is 42.8 Å². The van der Waals surface area contributed by atoms with Gasteiger partial charge in [-0.2, -0.15) is 0 Å². The molecule has 0 atom stereocenters. The van der Waals surface area contributed by atoms with Crippen LogP contribution in [-0.2, 0) is 0 Å². The number of anilines is 3. The van der Waals surface area contributed by atoms with E-state index in [1.807, 2.05) is 48.5 Å². The molecule has 0 unspecified atom stereocenters. The van der Waals surface area contributed by atoms with Crippen molar-refractivity contribution in [1.82, 2.24) is 0 Å². The average molecular weight is 447 g/mol. The van der Waals surface area contributed by atoms with Crippen molar-refractivity contribution in [3.8, 4) is 0 Å². The summed E-state index contributed by atoms with van der Waals surface area (Å²) in [6, 6.07) is 22.8. The Balaban J connectivity index is 1.66. The Kier molecular flexibility index (Phi) is 5.23. The van der Waals surface area contributed by atoms with Gasteiger partial charge in [0.1, 0.15) is 5.82 Å². The minimum Gasteiger partial charge on any atom is -0.336 e. The number of hydrogen-bond acceptors (Lipinski definition) is 3. The van der Waals surface area contributed by atoms with Crippen molar-refractivity contribution in [2.75, 3.05) is 34.7 Å². The molecule has 0 aliphatic carbocycles. The Bertz CT molecular complexity index is 772. The van der Waals surface area contributed by atoms with Crippen molar-refractivity contribution >= 4 is 44.6 Å². The highest BCUT2D eigenvalue weighted by Gasteiger charge is 2.24. The van der Waals surface area contributed by atoms with Crippen LogP contribution in [0.2, 0.25) is 5.02 Å². The molecule has 1 aliphatic rings. The van der Waals surface area contributed by atoms with Crippen LogP contribution in [0.3, 0.4) is 0 Å². The zero-order valence-electron chi connectivity index (χ0n) is 14.5. The Hall–Kier alpha value is -2.24. The summed E-state index contributed by atoms with van der Waals surface area (Å²) in [7, 11) is 0. The minimum atomic E-state index is -0.227. The molecule has 138 valence electrons. The molecule has 0 bridgehead atoms. The fraction of sp³-hybridized carbons (Fsp3) is 0.143. The van der Waals surface area contributed by atoms with Crippen molar-refractivity contribution in [3.05, 3.63) is 88.1 Å². The smallest absolute Gasteiger partial charge is 0.123 e. The second kappa shape index (κ2) is 7.79. The van der Waals surface area contributed by atoms with Crippen molar-refractivity contribution < 1.29 is 4.39 Å². The van der Waals surface area contributed by atoms with Crippen molar-refractivity contribution in [3.63, 3.8) is 0 Å². The summed E-state index contributed by atoms with van der Waals surface area (Å²) in [5.74, 6) is -0.227. The highest BCUT2D eigenvalue weighted by Crippen LogP contribution is 2.28. The van der Waals surface area contributed by atoms with Crippen LogP contribution >= 0.6 is 27.5 Å². The Morgan fingerprint density at radius 2 is 1.00 bits per heavy atom. The molecule has 0 spiro atoms. The molecular weight excluding hydrogens is 429 g/mol. The summed E-state index contributed by atoms with van der Waals surface area (Å²) in [5, 5.41) is 0.718. The molecule has 0 saturated carbocycles. The third-order valence-corrected chi connectivity index (χ3v) is 5.38. The molecule has 4 rings (SSSR count). The van der Waals surface area contributed by atoms with Crippen LogP contribution in [0, 0.1) is 5.82 Å². The molecule has 27 heavy (non-hydrogen) atoms. The van der Waals surface area contributed by atoms with Gasteiger partial charge in [-0.05, 0) is 72.8 Å². The molecule has 0 radical (unpaired) electrons. The molecule has 6 heteroatoms. The van der Waals surface area contributed by atoms with E-state index in [-0.39, 0.29) is 5.82 Å². The summed E-state index contributed by atoms with van der Waals surface area (Å²) >= 11 is 9.54. The molecule has 3 aromatic rings. The topological polar surface area (TPSA) is 9.72 Å². The predicted molar refractivity (Wildman–Crippen MR) is 114 cm³/mol. The molecule has 3 nitrogen and oxygen atoms in total. The standard InChI is InChI=1S/C21H18BrClFN3/c22-16-1-7-19(8-2-16)25-13-26(20-9-3-17(23)4-10-20)15-27(14-25)21-11-5-18(24)6-12-21/h1-12H,13-15H2. The van der Waals surface area contributed by atoms with E-state index < -0.39 is 0 Å². The Morgan fingerprint density at radius 3 is 1.44 bits per heavy atom. The molecule has 1 saturated heterocycles. The number of nitrogens with zero attached hydrogens (tertiary/aromatic N) is 3. The van der Waals surface area contributed by atoms with Gasteiger partial charge >= 0.3 is 0 Å². The van der Waals surface area contributed by atoms with Crippen molar-refractivity contribution in [1.29, 1.82) is 0 Å².